The van der Waals surface area contributed by atoms with Gasteiger partial charge < -0.3 is 5.32 Å². The summed E-state index contributed by atoms with van der Waals surface area (Å²) in [7, 11) is 0. The first-order chi connectivity index (χ1) is 6.72. The standard InChI is InChI=1S/C10H10ClNO2/c11-9-3-1-8(2-4-9)5-6-12-10(14)7-13/h1-4,7H,5-6H2,(H,12,14). The molecule has 14 heavy (non-hydrogen) atoms. The lowest BCUT2D eigenvalue weighted by Crippen LogP contribution is -2.26. The highest BCUT2D eigenvalue weighted by Gasteiger charge is 1.97. The molecule has 1 aromatic carbocycles. The predicted molar refractivity (Wildman–Crippen MR) is 54.2 cm³/mol. The Hall–Kier alpha value is -1.35. The fourth-order valence-corrected chi connectivity index (χ4v) is 1.15. The lowest BCUT2D eigenvalue weighted by molar-refractivity contribution is -0.131. The van der Waals surface area contributed by atoms with E-state index in [-0.39, 0.29) is 6.29 Å². The molecule has 1 aromatic rings. The number of carbonyl (C=O) groups excluding carboxylic acids is 2. The van der Waals surface area contributed by atoms with Crippen molar-refractivity contribution in [1.82, 2.24) is 5.32 Å². The Kier molecular flexibility index (Phi) is 4.13. The zero-order valence-corrected chi connectivity index (χ0v) is 8.25. The molecule has 0 bridgehead atoms. The van der Waals surface area contributed by atoms with Gasteiger partial charge in [-0.2, -0.15) is 0 Å². The number of halogens is 1. The first kappa shape index (κ1) is 10.7. The SMILES string of the molecule is O=CC(=O)NCCc1ccc(Cl)cc1. The van der Waals surface area contributed by atoms with E-state index in [0.717, 1.165) is 5.56 Å². The van der Waals surface area contributed by atoms with Gasteiger partial charge in [-0.15, -0.1) is 0 Å². The quantitative estimate of drug-likeness (QED) is 0.601. The molecule has 1 amide bonds. The number of hydrogen-bond donors (Lipinski definition) is 1. The molecule has 74 valence electrons. The minimum absolute atomic E-state index is 0.266. The summed E-state index contributed by atoms with van der Waals surface area (Å²) < 4.78 is 0. The number of hydrogen-bond acceptors (Lipinski definition) is 2. The molecule has 3 nitrogen and oxygen atoms in total. The maximum absolute atomic E-state index is 10.6. The van der Waals surface area contributed by atoms with Gasteiger partial charge in [-0.05, 0) is 24.1 Å². The molecular weight excluding hydrogens is 202 g/mol. The molecule has 1 N–H and O–H groups in total. The Balaban J connectivity index is 2.35. The van der Waals surface area contributed by atoms with Crippen molar-refractivity contribution in [3.8, 4) is 0 Å². The smallest absolute Gasteiger partial charge is 0.284 e. The summed E-state index contributed by atoms with van der Waals surface area (Å²) >= 11 is 5.70. The van der Waals surface area contributed by atoms with E-state index in [1.807, 2.05) is 12.1 Å². The molecular formula is C10H10ClNO2. The number of aldehydes is 1. The lowest BCUT2D eigenvalue weighted by Gasteiger charge is -2.01. The van der Waals surface area contributed by atoms with Gasteiger partial charge in [-0.25, -0.2) is 0 Å². The Morgan fingerprint density at radius 3 is 2.57 bits per heavy atom. The third kappa shape index (κ3) is 3.58. The second kappa shape index (κ2) is 5.40. The van der Waals surface area contributed by atoms with Crippen molar-refractivity contribution < 1.29 is 9.59 Å². The Bertz CT molecular complexity index is 321. The zero-order chi connectivity index (χ0) is 10.4. The third-order valence-electron chi connectivity index (χ3n) is 1.73. The van der Waals surface area contributed by atoms with Crippen LogP contribution in [0.2, 0.25) is 5.02 Å². The van der Waals surface area contributed by atoms with Gasteiger partial charge in [0.1, 0.15) is 0 Å². The second-order valence-corrected chi connectivity index (χ2v) is 3.22. The summed E-state index contributed by atoms with van der Waals surface area (Å²) in [6, 6.07) is 7.35. The molecule has 4 heteroatoms. The lowest BCUT2D eigenvalue weighted by atomic mass is 10.1. The molecule has 0 aliphatic carbocycles. The van der Waals surface area contributed by atoms with Crippen LogP contribution in [0.1, 0.15) is 5.56 Å². The molecule has 0 unspecified atom stereocenters. The Labute approximate surface area is 87.1 Å². The summed E-state index contributed by atoms with van der Waals surface area (Å²) in [4.78, 5) is 20.5. The van der Waals surface area contributed by atoms with Crippen LogP contribution in [0.5, 0.6) is 0 Å². The highest BCUT2D eigenvalue weighted by Crippen LogP contribution is 2.09. The Morgan fingerprint density at radius 1 is 1.36 bits per heavy atom. The van der Waals surface area contributed by atoms with Gasteiger partial charge in [0, 0.05) is 11.6 Å². The van der Waals surface area contributed by atoms with Gasteiger partial charge in [-0.1, -0.05) is 23.7 Å². The van der Waals surface area contributed by atoms with E-state index in [1.165, 1.54) is 0 Å². The summed E-state index contributed by atoms with van der Waals surface area (Å²) in [5.74, 6) is -0.584. The molecule has 1 rings (SSSR count). The monoisotopic (exact) mass is 211 g/mol. The highest BCUT2D eigenvalue weighted by atomic mass is 35.5. The van der Waals surface area contributed by atoms with Crippen molar-refractivity contribution in [3.05, 3.63) is 34.9 Å². The molecule has 0 aliphatic rings. The average molecular weight is 212 g/mol. The first-order valence-electron chi connectivity index (χ1n) is 4.20. The van der Waals surface area contributed by atoms with Crippen LogP contribution in [0.4, 0.5) is 0 Å². The van der Waals surface area contributed by atoms with Crippen LogP contribution in [0, 0.1) is 0 Å². The van der Waals surface area contributed by atoms with Crippen LogP contribution in [0.25, 0.3) is 0 Å². The van der Waals surface area contributed by atoms with E-state index in [4.69, 9.17) is 11.6 Å². The van der Waals surface area contributed by atoms with Crippen molar-refractivity contribution in [2.45, 2.75) is 6.42 Å². The van der Waals surface area contributed by atoms with Crippen LogP contribution in [0.15, 0.2) is 24.3 Å². The van der Waals surface area contributed by atoms with Crippen molar-refractivity contribution in [3.63, 3.8) is 0 Å². The normalized spacial score (nSPS) is 9.50. The van der Waals surface area contributed by atoms with Crippen molar-refractivity contribution in [2.75, 3.05) is 6.54 Å². The molecule has 0 heterocycles. The van der Waals surface area contributed by atoms with E-state index in [2.05, 4.69) is 5.32 Å². The topological polar surface area (TPSA) is 46.2 Å². The van der Waals surface area contributed by atoms with E-state index in [0.29, 0.717) is 18.0 Å². The molecule has 0 spiro atoms. The molecule has 0 saturated heterocycles. The van der Waals surface area contributed by atoms with Gasteiger partial charge in [0.2, 0.25) is 6.29 Å². The zero-order valence-electron chi connectivity index (χ0n) is 7.50. The van der Waals surface area contributed by atoms with Crippen molar-refractivity contribution in [2.24, 2.45) is 0 Å². The van der Waals surface area contributed by atoms with E-state index < -0.39 is 5.91 Å². The highest BCUT2D eigenvalue weighted by molar-refractivity contribution is 6.30. The molecule has 0 aromatic heterocycles. The fourth-order valence-electron chi connectivity index (χ4n) is 1.02. The predicted octanol–water partition coefficient (Wildman–Crippen LogP) is 1.20. The molecule has 0 aliphatic heterocycles. The summed E-state index contributed by atoms with van der Waals surface area (Å²) in [6.45, 7) is 0.458. The van der Waals surface area contributed by atoms with Gasteiger partial charge in [0.05, 0.1) is 0 Å². The number of nitrogens with one attached hydrogen (secondary N) is 1. The van der Waals surface area contributed by atoms with E-state index in [1.54, 1.807) is 12.1 Å². The number of amides is 1. The maximum atomic E-state index is 10.6. The van der Waals surface area contributed by atoms with Crippen LogP contribution in [-0.2, 0) is 16.0 Å². The number of benzene rings is 1. The minimum atomic E-state index is -0.584. The summed E-state index contributed by atoms with van der Waals surface area (Å²) in [6.07, 6.45) is 0.957. The van der Waals surface area contributed by atoms with Gasteiger partial charge in [-0.3, -0.25) is 9.59 Å². The van der Waals surface area contributed by atoms with Crippen molar-refractivity contribution >= 4 is 23.8 Å². The summed E-state index contributed by atoms with van der Waals surface area (Å²) in [5, 5.41) is 3.14. The van der Waals surface area contributed by atoms with E-state index in [9.17, 15) is 9.59 Å². The third-order valence-corrected chi connectivity index (χ3v) is 1.99. The molecule has 0 saturated carbocycles. The van der Waals surface area contributed by atoms with Crippen LogP contribution >= 0.6 is 11.6 Å². The minimum Gasteiger partial charge on any atom is -0.349 e. The fraction of sp³-hybridized carbons (Fsp3) is 0.200. The Morgan fingerprint density at radius 2 is 2.00 bits per heavy atom. The van der Waals surface area contributed by atoms with Crippen molar-refractivity contribution in [1.29, 1.82) is 0 Å². The van der Waals surface area contributed by atoms with Crippen LogP contribution in [-0.4, -0.2) is 18.7 Å². The van der Waals surface area contributed by atoms with E-state index >= 15 is 0 Å². The van der Waals surface area contributed by atoms with Gasteiger partial charge in [0.15, 0.2) is 0 Å². The average Bonchev–Trinajstić information content (AvgIpc) is 2.21. The van der Waals surface area contributed by atoms with Crippen LogP contribution < -0.4 is 5.32 Å². The second-order valence-electron chi connectivity index (χ2n) is 2.79. The molecule has 0 fully saturated rings. The number of rotatable bonds is 4. The molecule has 0 radical (unpaired) electrons. The van der Waals surface area contributed by atoms with Crippen LogP contribution in [0.3, 0.4) is 0 Å². The maximum Gasteiger partial charge on any atom is 0.284 e. The molecule has 0 atom stereocenters. The first-order valence-corrected chi connectivity index (χ1v) is 4.57. The van der Waals surface area contributed by atoms with Gasteiger partial charge >= 0.3 is 0 Å². The number of carbonyl (C=O) groups is 2. The van der Waals surface area contributed by atoms with Gasteiger partial charge in [0.25, 0.3) is 5.91 Å². The summed E-state index contributed by atoms with van der Waals surface area (Å²) in [5.41, 5.74) is 1.07. The largest absolute Gasteiger partial charge is 0.349 e.